The Morgan fingerprint density at radius 3 is 2.24 bits per heavy atom. The molecule has 6 heteroatoms. The number of amides is 2. The van der Waals surface area contributed by atoms with E-state index in [9.17, 15) is 9.59 Å². The van der Waals surface area contributed by atoms with Gasteiger partial charge in [0, 0.05) is 24.0 Å². The standard InChI is InChI=1S/C23H21N3O2S/c1-26(20-13-6-3-7-14-20)22(28)18-11-8-12-19(16-18)24-23(29)25-21(27)15-17-9-4-2-5-10-17/h2-14,16H,15H2,1H3,(H2,24,25,27,29). The van der Waals surface area contributed by atoms with Gasteiger partial charge in [-0.15, -0.1) is 0 Å². The minimum absolute atomic E-state index is 0.140. The highest BCUT2D eigenvalue weighted by molar-refractivity contribution is 7.80. The predicted octanol–water partition coefficient (Wildman–Crippen LogP) is 4.02. The van der Waals surface area contributed by atoms with Crippen LogP contribution in [0, 0.1) is 0 Å². The van der Waals surface area contributed by atoms with Gasteiger partial charge in [0.2, 0.25) is 5.91 Å². The number of rotatable bonds is 5. The minimum Gasteiger partial charge on any atom is -0.332 e. The van der Waals surface area contributed by atoms with Crippen LogP contribution in [0.1, 0.15) is 15.9 Å². The fraction of sp³-hybridized carbons (Fsp3) is 0.0870. The van der Waals surface area contributed by atoms with Crippen LogP contribution in [0.2, 0.25) is 0 Å². The zero-order valence-corrected chi connectivity index (χ0v) is 16.8. The molecule has 2 N–H and O–H groups in total. The third-order valence-corrected chi connectivity index (χ3v) is 4.48. The van der Waals surface area contributed by atoms with Crippen molar-refractivity contribution in [2.75, 3.05) is 17.3 Å². The maximum atomic E-state index is 12.8. The Hall–Kier alpha value is -3.51. The van der Waals surface area contributed by atoms with E-state index in [0.717, 1.165) is 11.3 Å². The van der Waals surface area contributed by atoms with E-state index in [0.29, 0.717) is 11.3 Å². The van der Waals surface area contributed by atoms with E-state index in [4.69, 9.17) is 12.2 Å². The molecular formula is C23H21N3O2S. The Balaban J connectivity index is 1.61. The van der Waals surface area contributed by atoms with Gasteiger partial charge in [0.05, 0.1) is 6.42 Å². The van der Waals surface area contributed by atoms with Crippen molar-refractivity contribution in [3.05, 3.63) is 96.1 Å². The average molecular weight is 404 g/mol. The van der Waals surface area contributed by atoms with Crippen LogP contribution in [-0.4, -0.2) is 24.0 Å². The van der Waals surface area contributed by atoms with E-state index in [-0.39, 0.29) is 23.3 Å². The molecule has 0 bridgehead atoms. The van der Waals surface area contributed by atoms with E-state index in [1.807, 2.05) is 60.7 Å². The first kappa shape index (κ1) is 20.2. The highest BCUT2D eigenvalue weighted by Crippen LogP contribution is 2.17. The van der Waals surface area contributed by atoms with Crippen molar-refractivity contribution in [2.24, 2.45) is 0 Å². The summed E-state index contributed by atoms with van der Waals surface area (Å²) in [6.07, 6.45) is 0.239. The van der Waals surface area contributed by atoms with Crippen LogP contribution in [0.25, 0.3) is 0 Å². The molecule has 3 aromatic carbocycles. The number of carbonyl (C=O) groups excluding carboxylic acids is 2. The Morgan fingerprint density at radius 2 is 1.55 bits per heavy atom. The van der Waals surface area contributed by atoms with Crippen molar-refractivity contribution in [1.82, 2.24) is 5.32 Å². The number of thiocarbonyl (C=S) groups is 1. The van der Waals surface area contributed by atoms with Crippen molar-refractivity contribution in [1.29, 1.82) is 0 Å². The summed E-state index contributed by atoms with van der Waals surface area (Å²) in [6.45, 7) is 0. The zero-order valence-electron chi connectivity index (χ0n) is 16.0. The summed E-state index contributed by atoms with van der Waals surface area (Å²) in [6, 6.07) is 25.8. The largest absolute Gasteiger partial charge is 0.332 e. The summed E-state index contributed by atoms with van der Waals surface area (Å²) < 4.78 is 0. The molecule has 0 heterocycles. The van der Waals surface area contributed by atoms with Gasteiger partial charge in [-0.3, -0.25) is 9.59 Å². The van der Waals surface area contributed by atoms with Crippen molar-refractivity contribution >= 4 is 40.5 Å². The fourth-order valence-corrected chi connectivity index (χ4v) is 3.04. The number of benzene rings is 3. The molecule has 146 valence electrons. The van der Waals surface area contributed by atoms with Crippen LogP contribution in [0.3, 0.4) is 0 Å². The summed E-state index contributed by atoms with van der Waals surface area (Å²) >= 11 is 5.23. The molecule has 0 fully saturated rings. The van der Waals surface area contributed by atoms with Gasteiger partial charge in [-0.2, -0.15) is 0 Å². The first-order valence-electron chi connectivity index (χ1n) is 9.11. The molecule has 3 rings (SSSR count). The van der Waals surface area contributed by atoms with Gasteiger partial charge in [-0.1, -0.05) is 54.6 Å². The number of carbonyl (C=O) groups is 2. The molecule has 0 radical (unpaired) electrons. The summed E-state index contributed by atoms with van der Waals surface area (Å²) in [5, 5.41) is 5.81. The Morgan fingerprint density at radius 1 is 0.897 bits per heavy atom. The molecule has 0 aliphatic carbocycles. The molecule has 0 spiro atoms. The maximum Gasteiger partial charge on any atom is 0.258 e. The summed E-state index contributed by atoms with van der Waals surface area (Å²) in [5.74, 6) is -0.344. The lowest BCUT2D eigenvalue weighted by molar-refractivity contribution is -0.119. The van der Waals surface area contributed by atoms with Gasteiger partial charge in [0.1, 0.15) is 0 Å². The first-order chi connectivity index (χ1) is 14.0. The molecule has 0 aliphatic rings. The monoisotopic (exact) mass is 403 g/mol. The lowest BCUT2D eigenvalue weighted by Gasteiger charge is -2.18. The van der Waals surface area contributed by atoms with E-state index in [2.05, 4.69) is 10.6 Å². The van der Waals surface area contributed by atoms with Gasteiger partial charge >= 0.3 is 0 Å². The van der Waals surface area contributed by atoms with Crippen molar-refractivity contribution < 1.29 is 9.59 Å². The normalized spacial score (nSPS) is 10.1. The second-order valence-electron chi connectivity index (χ2n) is 6.45. The number of nitrogens with one attached hydrogen (secondary N) is 2. The topological polar surface area (TPSA) is 61.4 Å². The van der Waals surface area contributed by atoms with Gasteiger partial charge in [-0.25, -0.2) is 0 Å². The van der Waals surface area contributed by atoms with E-state index >= 15 is 0 Å². The molecule has 3 aromatic rings. The van der Waals surface area contributed by atoms with Crippen LogP contribution in [0.5, 0.6) is 0 Å². The number of hydrogen-bond acceptors (Lipinski definition) is 3. The minimum atomic E-state index is -0.204. The van der Waals surface area contributed by atoms with E-state index < -0.39 is 0 Å². The number of hydrogen-bond donors (Lipinski definition) is 2. The molecular weight excluding hydrogens is 382 g/mol. The quantitative estimate of drug-likeness (QED) is 0.632. The van der Waals surface area contributed by atoms with Gasteiger partial charge in [0.25, 0.3) is 5.91 Å². The smallest absolute Gasteiger partial charge is 0.258 e. The van der Waals surface area contributed by atoms with Crippen molar-refractivity contribution in [2.45, 2.75) is 6.42 Å². The molecule has 29 heavy (non-hydrogen) atoms. The molecule has 0 aromatic heterocycles. The number of nitrogens with zero attached hydrogens (tertiary/aromatic N) is 1. The zero-order chi connectivity index (χ0) is 20.6. The Bertz CT molecular complexity index is 1010. The molecule has 0 saturated carbocycles. The van der Waals surface area contributed by atoms with Crippen molar-refractivity contribution in [3.8, 4) is 0 Å². The van der Waals surface area contributed by atoms with Gasteiger partial charge < -0.3 is 15.5 Å². The second kappa shape index (κ2) is 9.61. The molecule has 0 aliphatic heterocycles. The van der Waals surface area contributed by atoms with E-state index in [1.54, 1.807) is 36.2 Å². The Kier molecular flexibility index (Phi) is 6.71. The van der Waals surface area contributed by atoms with Gasteiger partial charge in [-0.05, 0) is 48.1 Å². The summed E-state index contributed by atoms with van der Waals surface area (Å²) in [5.41, 5.74) is 2.85. The SMILES string of the molecule is CN(C(=O)c1cccc(NC(=S)NC(=O)Cc2ccccc2)c1)c1ccccc1. The second-order valence-corrected chi connectivity index (χ2v) is 6.85. The Labute approximate surface area is 175 Å². The first-order valence-corrected chi connectivity index (χ1v) is 9.51. The lowest BCUT2D eigenvalue weighted by Crippen LogP contribution is -2.35. The fourth-order valence-electron chi connectivity index (χ4n) is 2.81. The van der Waals surface area contributed by atoms with Crippen LogP contribution >= 0.6 is 12.2 Å². The van der Waals surface area contributed by atoms with Crippen molar-refractivity contribution in [3.63, 3.8) is 0 Å². The molecule has 0 unspecified atom stereocenters. The third-order valence-electron chi connectivity index (χ3n) is 4.28. The molecule has 5 nitrogen and oxygen atoms in total. The van der Waals surface area contributed by atoms with Gasteiger partial charge in [0.15, 0.2) is 5.11 Å². The molecule has 0 atom stereocenters. The van der Waals surface area contributed by atoms with E-state index in [1.165, 1.54) is 0 Å². The summed E-state index contributed by atoms with van der Waals surface area (Å²) in [4.78, 5) is 26.5. The highest BCUT2D eigenvalue weighted by Gasteiger charge is 2.14. The number of para-hydroxylation sites is 1. The summed E-state index contributed by atoms with van der Waals surface area (Å²) in [7, 11) is 1.73. The highest BCUT2D eigenvalue weighted by atomic mass is 32.1. The van der Waals surface area contributed by atoms with Crippen LogP contribution in [-0.2, 0) is 11.2 Å². The lowest BCUT2D eigenvalue weighted by atomic mass is 10.1. The van der Waals surface area contributed by atoms with Crippen LogP contribution < -0.4 is 15.5 Å². The molecule has 0 saturated heterocycles. The predicted molar refractivity (Wildman–Crippen MR) is 120 cm³/mol. The maximum absolute atomic E-state index is 12.8. The third kappa shape index (κ3) is 5.73. The molecule has 2 amide bonds. The average Bonchev–Trinajstić information content (AvgIpc) is 2.74. The van der Waals surface area contributed by atoms with Crippen LogP contribution in [0.15, 0.2) is 84.9 Å². The number of anilines is 2. The van der Waals surface area contributed by atoms with Crippen LogP contribution in [0.4, 0.5) is 11.4 Å².